The Morgan fingerprint density at radius 3 is 1.26 bits per heavy atom. The zero-order chi connectivity index (χ0) is 46.0. The van der Waals surface area contributed by atoms with Crippen molar-refractivity contribution in [3.63, 3.8) is 0 Å². The van der Waals surface area contributed by atoms with E-state index in [0.717, 1.165) is 0 Å². The van der Waals surface area contributed by atoms with Crippen LogP contribution in [0.25, 0.3) is 0 Å². The van der Waals surface area contributed by atoms with Gasteiger partial charge in [-0.2, -0.15) is 0 Å². The number of rotatable bonds is 21. The van der Waals surface area contributed by atoms with E-state index in [0.29, 0.717) is 5.56 Å². The lowest BCUT2D eigenvalue weighted by Crippen LogP contribution is -2.69. The number of primary amides is 1. The van der Waals surface area contributed by atoms with Gasteiger partial charge in [0.15, 0.2) is 60.9 Å². The summed E-state index contributed by atoms with van der Waals surface area (Å²) in [6.07, 6.45) is -11.9. The second-order valence-corrected chi connectivity index (χ2v) is 12.2. The first kappa shape index (κ1) is 48.6. The van der Waals surface area contributed by atoms with Crippen molar-refractivity contribution in [3.05, 3.63) is 65.7 Å². The van der Waals surface area contributed by atoms with E-state index in [9.17, 15) is 43.8 Å². The molecular weight excluding hydrogens is 810 g/mol. The maximum Gasteiger partial charge on any atom is 0.265 e. The van der Waals surface area contributed by atoms with E-state index in [2.05, 4.69) is 31.9 Å². The molecule has 29 N–H and O–H groups in total. The largest absolute Gasteiger partial charge is 0.508 e. The highest BCUT2D eigenvalue weighted by atomic mass is 16.3. The maximum absolute atomic E-state index is 13.7. The third-order valence-corrected chi connectivity index (χ3v) is 7.36. The molecule has 7 atom stereocenters. The van der Waals surface area contributed by atoms with Gasteiger partial charge in [-0.05, 0) is 23.3 Å². The van der Waals surface area contributed by atoms with Crippen LogP contribution in [0.3, 0.4) is 0 Å². The first-order valence-corrected chi connectivity index (χ1v) is 17.1. The quantitative estimate of drug-likeness (QED) is 0.0315. The smallest absolute Gasteiger partial charge is 0.265 e. The minimum Gasteiger partial charge on any atom is -0.508 e. The van der Waals surface area contributed by atoms with Gasteiger partial charge in [0.05, 0.1) is 0 Å². The Kier molecular flexibility index (Phi) is 18.4. The fourth-order valence-electron chi connectivity index (χ4n) is 4.59. The summed E-state index contributed by atoms with van der Waals surface area (Å²) in [5, 5.41) is 73.7. The number of phenolic OH excluding ortho intramolecular Hbond substituents is 1. The van der Waals surface area contributed by atoms with Crippen LogP contribution in [-0.4, -0.2) is 112 Å². The molecule has 0 aliphatic rings. The fourth-order valence-corrected chi connectivity index (χ4v) is 4.59. The molecule has 0 bridgehead atoms. The monoisotopic (exact) mass is 857 g/mol. The lowest BCUT2D eigenvalue weighted by molar-refractivity contribution is -0.137. The van der Waals surface area contributed by atoms with Gasteiger partial charge in [-0.3, -0.25) is 60.5 Å². The van der Waals surface area contributed by atoms with Crippen molar-refractivity contribution in [2.75, 3.05) is 0 Å². The van der Waals surface area contributed by atoms with Crippen LogP contribution < -0.4 is 92.9 Å². The van der Waals surface area contributed by atoms with Crippen molar-refractivity contribution in [2.24, 2.45) is 34.4 Å². The summed E-state index contributed by atoms with van der Waals surface area (Å²) in [5.74, 6) is -12.5. The molecule has 0 aliphatic carbocycles. The Bertz CT molecular complexity index is 1970. The molecule has 0 radical (unpaired) electrons. The van der Waals surface area contributed by atoms with E-state index in [1.165, 1.54) is 48.5 Å². The molecule has 0 saturated carbocycles. The van der Waals surface area contributed by atoms with E-state index in [4.69, 9.17) is 56.0 Å². The molecule has 2 aromatic rings. The van der Waals surface area contributed by atoms with Crippen LogP contribution in [-0.2, 0) is 40.1 Å². The molecule has 0 saturated heterocycles. The predicted molar refractivity (Wildman–Crippen MR) is 212 cm³/mol. The molecule has 0 spiro atoms. The zero-order valence-corrected chi connectivity index (χ0v) is 31.7. The SMILES string of the molecule is N=C(N)NC(NC(=O)C(NC(=N)N)NC(=O)C(NC(=N)N)NC(=O)C(NC(=N)N)NC(=O)C(NC(=O)C(O)NCc1ccc(O)cc1)c1ccccc1)C(=O)NC(N)C(N)=O. The molecule has 0 aromatic heterocycles. The van der Waals surface area contributed by atoms with Crippen molar-refractivity contribution in [3.8, 4) is 5.75 Å². The number of phenols is 1. The van der Waals surface area contributed by atoms with Crippen molar-refractivity contribution < 1.29 is 43.8 Å². The number of carbonyl (C=O) groups excluding carboxylic acids is 7. The van der Waals surface area contributed by atoms with Gasteiger partial charge in [-0.25, -0.2) is 0 Å². The number of aliphatic hydroxyl groups excluding tert-OH is 1. The van der Waals surface area contributed by atoms with E-state index >= 15 is 0 Å². The van der Waals surface area contributed by atoms with Gasteiger partial charge in [-0.15, -0.1) is 0 Å². The Morgan fingerprint density at radius 2 is 0.885 bits per heavy atom. The Hall–Kier alpha value is -8.51. The number of nitrogens with two attached hydrogens (primary N) is 6. The number of benzene rings is 2. The van der Waals surface area contributed by atoms with Crippen molar-refractivity contribution >= 4 is 65.2 Å². The topological polar surface area (TPSA) is 544 Å². The van der Waals surface area contributed by atoms with Crippen LogP contribution in [0.1, 0.15) is 17.2 Å². The van der Waals surface area contributed by atoms with E-state index in [1.54, 1.807) is 6.07 Å². The minimum absolute atomic E-state index is 0.00977. The zero-order valence-electron chi connectivity index (χ0n) is 31.7. The summed E-state index contributed by atoms with van der Waals surface area (Å²) in [7, 11) is 0. The van der Waals surface area contributed by atoms with Gasteiger partial charge >= 0.3 is 0 Å². The van der Waals surface area contributed by atoms with Crippen LogP contribution in [0, 0.1) is 21.6 Å². The first-order valence-electron chi connectivity index (χ1n) is 17.1. The van der Waals surface area contributed by atoms with Gasteiger partial charge in [0, 0.05) is 6.54 Å². The maximum atomic E-state index is 13.7. The van der Waals surface area contributed by atoms with Crippen LogP contribution in [0.5, 0.6) is 5.75 Å². The van der Waals surface area contributed by atoms with Gasteiger partial charge < -0.3 is 97.8 Å². The van der Waals surface area contributed by atoms with E-state index in [1.807, 2.05) is 26.6 Å². The molecular formula is C31H47N21O9. The number of aliphatic hydroxyl groups is 1. The van der Waals surface area contributed by atoms with Crippen molar-refractivity contribution in [1.82, 2.24) is 58.5 Å². The Labute approximate surface area is 344 Å². The molecule has 0 aliphatic heterocycles. The molecule has 30 nitrogen and oxygen atoms in total. The molecule has 7 unspecified atom stereocenters. The summed E-state index contributed by atoms with van der Waals surface area (Å²) in [6.45, 7) is -0.0382. The van der Waals surface area contributed by atoms with Crippen molar-refractivity contribution in [1.29, 1.82) is 21.6 Å². The summed E-state index contributed by atoms with van der Waals surface area (Å²) in [5.41, 5.74) is 32.6. The normalized spacial score (nSPS) is 13.9. The number of hydrogen-bond donors (Lipinski definition) is 23. The summed E-state index contributed by atoms with van der Waals surface area (Å²) < 4.78 is 0. The minimum atomic E-state index is -2.12. The van der Waals surface area contributed by atoms with Gasteiger partial charge in [0.2, 0.25) is 5.91 Å². The number of hydrogen-bond acceptors (Lipinski definition) is 15. The molecule has 2 aromatic carbocycles. The summed E-state index contributed by atoms with van der Waals surface area (Å²) in [4.78, 5) is 91.0. The predicted octanol–water partition coefficient (Wildman–Crippen LogP) is -9.75. The molecule has 330 valence electrons. The van der Waals surface area contributed by atoms with Crippen molar-refractivity contribution in [2.45, 2.75) is 49.6 Å². The highest BCUT2D eigenvalue weighted by Crippen LogP contribution is 2.14. The Morgan fingerprint density at radius 1 is 0.508 bits per heavy atom. The number of amides is 7. The summed E-state index contributed by atoms with van der Waals surface area (Å²) in [6, 6.07) is 11.7. The standard InChI is InChI=1S/C31H47N21O9/c32-15(16(33)54)44-22(56)17(49-28(34)35)46-24(58)19(51-30(38)39)48-25(59)20(52-31(40)41)47-23(57)18(50-29(36)37)45-21(55)14(12-4-2-1-3-5-12)43-27(61)26(60)42-10-11-6-8-13(53)9-7-11/h1-9,14-15,17-20,26,42,53,60H,10,32H2,(H2,33,54)(H,43,61)(H,44,56)(H,45,55)(H,46,58)(H,47,57)(H,48,59)(H4,34,35,49)(H4,36,37,50)(H4,38,39,51)(H4,40,41,52). The number of nitrogens with one attached hydrogen (secondary N) is 15. The number of aromatic hydroxyl groups is 1. The van der Waals surface area contributed by atoms with E-state index in [-0.39, 0.29) is 17.9 Å². The number of guanidine groups is 4. The second kappa shape index (κ2) is 23.0. The lowest BCUT2D eigenvalue weighted by Gasteiger charge is -2.28. The van der Waals surface area contributed by atoms with Crippen LogP contribution in [0.2, 0.25) is 0 Å². The average Bonchev–Trinajstić information content (AvgIpc) is 3.17. The average molecular weight is 858 g/mol. The highest BCUT2D eigenvalue weighted by molar-refractivity contribution is 6.00. The molecule has 7 amide bonds. The van der Waals surface area contributed by atoms with Crippen LogP contribution in [0.4, 0.5) is 0 Å². The Balaban J connectivity index is 2.33. The lowest BCUT2D eigenvalue weighted by atomic mass is 10.1. The van der Waals surface area contributed by atoms with Gasteiger partial charge in [-0.1, -0.05) is 42.5 Å². The van der Waals surface area contributed by atoms with Crippen LogP contribution in [0.15, 0.2) is 54.6 Å². The fraction of sp³-hybridized carbons (Fsp3) is 0.258. The molecule has 61 heavy (non-hydrogen) atoms. The number of carbonyl (C=O) groups is 7. The van der Waals surface area contributed by atoms with Gasteiger partial charge in [0.1, 0.15) is 11.8 Å². The molecule has 30 heteroatoms. The molecule has 0 heterocycles. The molecule has 2 rings (SSSR count). The van der Waals surface area contributed by atoms with Gasteiger partial charge in [0.25, 0.3) is 35.4 Å². The van der Waals surface area contributed by atoms with Crippen LogP contribution >= 0.6 is 0 Å². The molecule has 0 fully saturated rings. The highest BCUT2D eigenvalue weighted by Gasteiger charge is 2.34. The third-order valence-electron chi connectivity index (χ3n) is 7.36. The first-order chi connectivity index (χ1) is 28.6. The summed E-state index contributed by atoms with van der Waals surface area (Å²) >= 11 is 0. The second-order valence-electron chi connectivity index (χ2n) is 12.2. The third kappa shape index (κ3) is 16.9. The van der Waals surface area contributed by atoms with E-state index < -0.39 is 108 Å².